The van der Waals surface area contributed by atoms with E-state index in [9.17, 15) is 9.90 Å². The molecule has 2 aromatic carbocycles. The molecule has 4 aromatic heterocycles. The molecule has 0 aliphatic heterocycles. The molecule has 0 bridgehead atoms. The van der Waals surface area contributed by atoms with Crippen molar-refractivity contribution in [3.05, 3.63) is 113 Å². The second-order valence-electron chi connectivity index (χ2n) is 11.3. The Kier molecular flexibility index (Phi) is 8.12. The van der Waals surface area contributed by atoms with Gasteiger partial charge in [-0.3, -0.25) is 0 Å². The van der Waals surface area contributed by atoms with Gasteiger partial charge in [-0.15, -0.1) is 5.10 Å². The zero-order chi connectivity index (χ0) is 32.5. The minimum Gasteiger partial charge on any atom is -0.478 e. The second-order valence-corrected chi connectivity index (χ2v) is 11.3. The van der Waals surface area contributed by atoms with Crippen LogP contribution < -0.4 is 4.74 Å². The van der Waals surface area contributed by atoms with Crippen molar-refractivity contribution in [1.29, 1.82) is 0 Å². The molecule has 11 nitrogen and oxygen atoms in total. The quantitative estimate of drug-likeness (QED) is 0.178. The SMILES string of the molecule is COCCn1c(Cc2cc(F)c(-c3cccc(OCc4ccc(-n5cnc(C6CC6)n5)nc4)n3)cc2F)nc2ccc(C(=O)O)cc21. The Morgan fingerprint density at radius 1 is 1.02 bits per heavy atom. The van der Waals surface area contributed by atoms with Gasteiger partial charge in [0.15, 0.2) is 11.6 Å². The molecule has 0 radical (unpaired) electrons. The standard InChI is InChI=1S/C34H29F2N7O4/c1-46-12-11-42-29-14-22(34(44)45)8-9-28(29)39-31(42)15-23-13-26(36)24(16-25(23)35)27-3-2-4-32(40-27)47-18-20-5-10-30(37-17-20)43-19-38-33(41-43)21-6-7-21/h2-5,8-10,13-14,16-17,19,21H,6-7,11-12,15,18H2,1H3,(H,44,45). The summed E-state index contributed by atoms with van der Waals surface area (Å²) in [5.74, 6) is 0.276. The number of methoxy groups -OCH3 is 1. The normalized spacial score (nSPS) is 12.9. The molecule has 0 saturated heterocycles. The van der Waals surface area contributed by atoms with Crippen molar-refractivity contribution in [3.8, 4) is 23.0 Å². The van der Waals surface area contributed by atoms with Crippen molar-refractivity contribution in [1.82, 2.24) is 34.3 Å². The van der Waals surface area contributed by atoms with Gasteiger partial charge in [-0.2, -0.15) is 0 Å². The van der Waals surface area contributed by atoms with Crippen molar-refractivity contribution in [2.75, 3.05) is 13.7 Å². The molecular weight excluding hydrogens is 608 g/mol. The van der Waals surface area contributed by atoms with Gasteiger partial charge in [0.2, 0.25) is 5.88 Å². The maximum absolute atomic E-state index is 15.5. The minimum atomic E-state index is -1.07. The number of hydrogen-bond acceptors (Lipinski definition) is 8. The highest BCUT2D eigenvalue weighted by atomic mass is 19.1. The van der Waals surface area contributed by atoms with Crippen molar-refractivity contribution in [2.45, 2.75) is 38.3 Å². The summed E-state index contributed by atoms with van der Waals surface area (Å²) >= 11 is 0. The monoisotopic (exact) mass is 637 g/mol. The third-order valence-corrected chi connectivity index (χ3v) is 7.96. The minimum absolute atomic E-state index is 0.0138. The van der Waals surface area contributed by atoms with Crippen LogP contribution in [0.4, 0.5) is 8.78 Å². The highest BCUT2D eigenvalue weighted by Crippen LogP contribution is 2.37. The molecule has 4 heterocycles. The summed E-state index contributed by atoms with van der Waals surface area (Å²) < 4.78 is 45.5. The van der Waals surface area contributed by atoms with Crippen LogP contribution in [0.1, 0.15) is 51.9 Å². The molecule has 6 aromatic rings. The third kappa shape index (κ3) is 6.42. The van der Waals surface area contributed by atoms with Crippen LogP contribution in [0.15, 0.2) is 73.2 Å². The third-order valence-electron chi connectivity index (χ3n) is 7.96. The molecule has 13 heteroatoms. The van der Waals surface area contributed by atoms with E-state index in [2.05, 4.69) is 25.0 Å². The summed E-state index contributed by atoms with van der Waals surface area (Å²) in [7, 11) is 1.54. The fourth-order valence-electron chi connectivity index (χ4n) is 5.32. The highest BCUT2D eigenvalue weighted by molar-refractivity contribution is 5.92. The molecule has 1 N–H and O–H groups in total. The molecule has 1 saturated carbocycles. The van der Waals surface area contributed by atoms with Gasteiger partial charge in [-0.25, -0.2) is 38.2 Å². The first-order valence-electron chi connectivity index (χ1n) is 15.0. The summed E-state index contributed by atoms with van der Waals surface area (Å²) in [6, 6.07) is 15.4. The van der Waals surface area contributed by atoms with Gasteiger partial charge in [0.25, 0.3) is 0 Å². The molecule has 1 fully saturated rings. The molecule has 0 unspecified atom stereocenters. The van der Waals surface area contributed by atoms with E-state index in [-0.39, 0.29) is 41.3 Å². The van der Waals surface area contributed by atoms with Gasteiger partial charge in [0.05, 0.1) is 28.9 Å². The zero-order valence-corrected chi connectivity index (χ0v) is 25.3. The van der Waals surface area contributed by atoms with Gasteiger partial charge in [0.1, 0.15) is 30.4 Å². The number of nitrogens with zero attached hydrogens (tertiary/aromatic N) is 7. The molecule has 7 rings (SSSR count). The van der Waals surface area contributed by atoms with E-state index >= 15 is 8.78 Å². The summed E-state index contributed by atoms with van der Waals surface area (Å²) in [4.78, 5) is 29.3. The number of imidazole rings is 1. The Labute approximate surface area is 267 Å². The Bertz CT molecular complexity index is 2090. The molecule has 1 aliphatic rings. The van der Waals surface area contributed by atoms with E-state index in [0.29, 0.717) is 41.7 Å². The number of carboxylic acid groups (broad SMARTS) is 1. The molecule has 0 atom stereocenters. The number of benzene rings is 2. The highest BCUT2D eigenvalue weighted by Gasteiger charge is 2.27. The summed E-state index contributed by atoms with van der Waals surface area (Å²) in [6.45, 7) is 0.845. The van der Waals surface area contributed by atoms with Crippen LogP contribution in [-0.4, -0.2) is 59.1 Å². The van der Waals surface area contributed by atoms with Gasteiger partial charge < -0.3 is 19.1 Å². The van der Waals surface area contributed by atoms with Crippen LogP contribution in [0.2, 0.25) is 0 Å². The van der Waals surface area contributed by atoms with E-state index in [0.717, 1.165) is 36.4 Å². The van der Waals surface area contributed by atoms with Gasteiger partial charge >= 0.3 is 5.97 Å². The zero-order valence-electron chi connectivity index (χ0n) is 25.3. The molecule has 238 valence electrons. The number of pyridine rings is 2. The first-order chi connectivity index (χ1) is 22.9. The molecule has 47 heavy (non-hydrogen) atoms. The number of ether oxygens (including phenoxy) is 2. The Balaban J connectivity index is 1.07. The van der Waals surface area contributed by atoms with E-state index in [4.69, 9.17) is 9.47 Å². The maximum atomic E-state index is 15.5. The number of hydrogen-bond donors (Lipinski definition) is 1. The Morgan fingerprint density at radius 2 is 1.89 bits per heavy atom. The summed E-state index contributed by atoms with van der Waals surface area (Å²) in [5.41, 5.74) is 2.30. The smallest absolute Gasteiger partial charge is 0.335 e. The lowest BCUT2D eigenvalue weighted by molar-refractivity contribution is 0.0697. The van der Waals surface area contributed by atoms with Gasteiger partial charge in [0, 0.05) is 49.4 Å². The Morgan fingerprint density at radius 3 is 2.66 bits per heavy atom. The van der Waals surface area contributed by atoms with E-state index < -0.39 is 17.6 Å². The number of carboxylic acids is 1. The maximum Gasteiger partial charge on any atom is 0.335 e. The summed E-state index contributed by atoms with van der Waals surface area (Å²) in [6.07, 6.45) is 5.56. The van der Waals surface area contributed by atoms with Crippen LogP contribution in [0.25, 0.3) is 28.1 Å². The fourth-order valence-corrected chi connectivity index (χ4v) is 5.32. The largest absolute Gasteiger partial charge is 0.478 e. The van der Waals surface area contributed by atoms with Gasteiger partial charge in [-0.05, 0) is 60.9 Å². The lowest BCUT2D eigenvalue weighted by Gasteiger charge is -2.12. The van der Waals surface area contributed by atoms with E-state index in [1.54, 1.807) is 53.1 Å². The van der Waals surface area contributed by atoms with Crippen LogP contribution in [0.5, 0.6) is 5.88 Å². The molecule has 0 spiro atoms. The first-order valence-corrected chi connectivity index (χ1v) is 15.0. The van der Waals surface area contributed by atoms with Crippen molar-refractivity contribution < 1.29 is 28.2 Å². The average molecular weight is 638 g/mol. The first kappa shape index (κ1) is 30.1. The van der Waals surface area contributed by atoms with Crippen LogP contribution in [-0.2, 0) is 24.3 Å². The molecule has 0 amide bonds. The van der Waals surface area contributed by atoms with Crippen molar-refractivity contribution >= 4 is 17.0 Å². The number of rotatable bonds is 12. The number of aromatic carboxylic acids is 1. The van der Waals surface area contributed by atoms with Crippen molar-refractivity contribution in [2.24, 2.45) is 0 Å². The average Bonchev–Trinajstić information content (AvgIpc) is 3.71. The van der Waals surface area contributed by atoms with Crippen molar-refractivity contribution in [3.63, 3.8) is 0 Å². The number of fused-ring (bicyclic) bond motifs is 1. The number of aromatic nitrogens is 7. The predicted molar refractivity (Wildman–Crippen MR) is 166 cm³/mol. The number of carbonyl (C=O) groups is 1. The molecule has 1 aliphatic carbocycles. The fraction of sp³-hybridized carbons (Fsp3) is 0.235. The van der Waals surface area contributed by atoms with E-state index in [1.165, 1.54) is 12.1 Å². The van der Waals surface area contributed by atoms with Crippen LogP contribution >= 0.6 is 0 Å². The van der Waals surface area contributed by atoms with Crippen LogP contribution in [0, 0.1) is 11.6 Å². The molecular formula is C34H29F2N7O4. The predicted octanol–water partition coefficient (Wildman–Crippen LogP) is 5.74. The number of halogens is 2. The summed E-state index contributed by atoms with van der Waals surface area (Å²) in [5, 5.41) is 13.9. The topological polar surface area (TPSA) is 130 Å². The van der Waals surface area contributed by atoms with Crippen LogP contribution in [0.3, 0.4) is 0 Å². The van der Waals surface area contributed by atoms with Gasteiger partial charge in [-0.1, -0.05) is 12.1 Å². The lowest BCUT2D eigenvalue weighted by atomic mass is 10.0. The Hall–Kier alpha value is -5.56. The lowest BCUT2D eigenvalue weighted by Crippen LogP contribution is -2.10. The second kappa shape index (κ2) is 12.7. The van der Waals surface area contributed by atoms with E-state index in [1.807, 2.05) is 12.1 Å².